The van der Waals surface area contributed by atoms with Crippen molar-refractivity contribution in [1.82, 2.24) is 4.98 Å². The quantitative estimate of drug-likeness (QED) is 0.505. The molecule has 0 fully saturated rings. The number of hydrogen-bond acceptors (Lipinski definition) is 4. The van der Waals surface area contributed by atoms with Crippen LogP contribution in [0.1, 0.15) is 5.56 Å². The van der Waals surface area contributed by atoms with E-state index in [2.05, 4.69) is 10.3 Å². The Morgan fingerprint density at radius 2 is 1.69 bits per heavy atom. The molecule has 3 aromatic rings. The third-order valence-electron chi connectivity index (χ3n) is 4.86. The molecule has 2 amide bonds. The highest BCUT2D eigenvalue weighted by atomic mass is 35.5. The van der Waals surface area contributed by atoms with Crippen molar-refractivity contribution in [3.8, 4) is 5.75 Å². The van der Waals surface area contributed by atoms with Crippen molar-refractivity contribution in [2.24, 2.45) is 0 Å². The number of nitrogens with one attached hydrogen (secondary N) is 1. The molecule has 4 rings (SSSR count). The van der Waals surface area contributed by atoms with Gasteiger partial charge in [-0.05, 0) is 60.7 Å². The van der Waals surface area contributed by atoms with Gasteiger partial charge in [0.2, 0.25) is 0 Å². The van der Waals surface area contributed by atoms with Crippen LogP contribution in [-0.2, 0) is 6.54 Å². The number of amides is 2. The summed E-state index contributed by atoms with van der Waals surface area (Å²) in [5.41, 5.74) is 1.80. The van der Waals surface area contributed by atoms with Crippen molar-refractivity contribution in [2.75, 3.05) is 28.8 Å². The Morgan fingerprint density at radius 1 is 1.03 bits per heavy atom. The highest BCUT2D eigenvalue weighted by molar-refractivity contribution is 6.30. The molecule has 0 spiro atoms. The van der Waals surface area contributed by atoms with Gasteiger partial charge in [0.05, 0.1) is 19.3 Å². The molecule has 1 aromatic heterocycles. The predicted molar refractivity (Wildman–Crippen MR) is 117 cm³/mol. The Bertz CT molecular complexity index is 1120. The smallest absolute Gasteiger partial charge is 0.405 e. The number of urea groups is 1. The van der Waals surface area contributed by atoms with Gasteiger partial charge < -0.3 is 10.1 Å². The molecule has 1 aliphatic rings. The number of carbonyl (C=O) groups excluding carboxylic acids is 1. The van der Waals surface area contributed by atoms with E-state index in [-0.39, 0.29) is 18.2 Å². The normalized spacial score (nSPS) is 13.7. The number of rotatable bonds is 5. The van der Waals surface area contributed by atoms with Crippen LogP contribution in [0.3, 0.4) is 0 Å². The molecule has 6 nitrogen and oxygen atoms in total. The van der Waals surface area contributed by atoms with Crippen molar-refractivity contribution >= 4 is 40.6 Å². The van der Waals surface area contributed by atoms with E-state index in [0.29, 0.717) is 27.7 Å². The fraction of sp³-hybridized carbons (Fsp3) is 0.182. The number of benzene rings is 2. The molecule has 1 aliphatic heterocycles. The molecule has 0 saturated heterocycles. The van der Waals surface area contributed by atoms with Crippen LogP contribution in [0.4, 0.5) is 41.0 Å². The summed E-state index contributed by atoms with van der Waals surface area (Å²) in [5, 5.41) is 2.75. The lowest BCUT2D eigenvalue weighted by Gasteiger charge is -2.36. The van der Waals surface area contributed by atoms with Crippen molar-refractivity contribution in [3.05, 3.63) is 71.2 Å². The summed E-state index contributed by atoms with van der Waals surface area (Å²) >= 11 is 5.99. The number of nitrogens with zero attached hydrogens (tertiary/aromatic N) is 3. The number of ether oxygens (including phenoxy) is 1. The van der Waals surface area contributed by atoms with Crippen LogP contribution >= 0.6 is 11.6 Å². The Morgan fingerprint density at radius 3 is 2.31 bits per heavy atom. The first-order valence-corrected chi connectivity index (χ1v) is 9.95. The van der Waals surface area contributed by atoms with E-state index >= 15 is 0 Å². The van der Waals surface area contributed by atoms with Crippen molar-refractivity contribution in [3.63, 3.8) is 0 Å². The zero-order valence-corrected chi connectivity index (χ0v) is 17.6. The van der Waals surface area contributed by atoms with Crippen LogP contribution in [-0.4, -0.2) is 30.8 Å². The molecule has 166 valence electrons. The average molecular weight is 463 g/mol. The van der Waals surface area contributed by atoms with Gasteiger partial charge in [-0.15, -0.1) is 0 Å². The fourth-order valence-corrected chi connectivity index (χ4v) is 3.45. The third-order valence-corrected chi connectivity index (χ3v) is 5.11. The van der Waals surface area contributed by atoms with E-state index in [4.69, 9.17) is 16.3 Å². The van der Waals surface area contributed by atoms with E-state index in [0.717, 1.165) is 0 Å². The number of hydrogen-bond donors (Lipinski definition) is 1. The topological polar surface area (TPSA) is 57.7 Å². The summed E-state index contributed by atoms with van der Waals surface area (Å²) in [6.45, 7) is -1.03. The molecule has 32 heavy (non-hydrogen) atoms. The van der Waals surface area contributed by atoms with Gasteiger partial charge in [-0.3, -0.25) is 4.90 Å². The number of aromatic nitrogens is 1. The van der Waals surface area contributed by atoms with E-state index in [9.17, 15) is 18.0 Å². The lowest BCUT2D eigenvalue weighted by atomic mass is 10.1. The van der Waals surface area contributed by atoms with E-state index in [1.165, 1.54) is 11.0 Å². The fourth-order valence-electron chi connectivity index (χ4n) is 3.32. The van der Waals surface area contributed by atoms with Crippen LogP contribution in [0.15, 0.2) is 60.7 Å². The highest BCUT2D eigenvalue weighted by Crippen LogP contribution is 2.37. The summed E-state index contributed by atoms with van der Waals surface area (Å²) in [5.74, 6) is 0.926. The molecule has 0 unspecified atom stereocenters. The number of methoxy groups -OCH3 is 1. The highest BCUT2D eigenvalue weighted by Gasteiger charge is 2.34. The zero-order chi connectivity index (χ0) is 22.9. The standard InChI is InChI=1S/C22H18ClF3N4O2/c1-32-18-9-7-16(8-10-18)29-12-14-2-11-19(27-13-22(24,25)26)28-20(14)30(21(29)31)17-5-3-15(23)4-6-17/h2-11H,12-13H2,1H3,(H,27,28). The summed E-state index contributed by atoms with van der Waals surface area (Å²) in [4.78, 5) is 20.7. The first-order valence-electron chi connectivity index (χ1n) is 9.57. The van der Waals surface area contributed by atoms with Gasteiger partial charge in [-0.25, -0.2) is 14.7 Å². The second-order valence-electron chi connectivity index (χ2n) is 7.03. The lowest BCUT2D eigenvalue weighted by molar-refractivity contribution is -0.115. The first kappa shape index (κ1) is 21.8. The van der Waals surface area contributed by atoms with Crippen LogP contribution in [0, 0.1) is 0 Å². The minimum Gasteiger partial charge on any atom is -0.497 e. The summed E-state index contributed by atoms with van der Waals surface area (Å²) in [6.07, 6.45) is -4.39. The second-order valence-corrected chi connectivity index (χ2v) is 7.46. The number of carbonyl (C=O) groups is 1. The molecular formula is C22H18ClF3N4O2. The zero-order valence-electron chi connectivity index (χ0n) is 16.9. The number of halogens is 4. The van der Waals surface area contributed by atoms with Crippen LogP contribution in [0.25, 0.3) is 0 Å². The van der Waals surface area contributed by atoms with E-state index < -0.39 is 18.8 Å². The van der Waals surface area contributed by atoms with Gasteiger partial charge in [0, 0.05) is 16.3 Å². The molecule has 2 heterocycles. The van der Waals surface area contributed by atoms with Gasteiger partial charge in [0.1, 0.15) is 23.9 Å². The molecule has 1 N–H and O–H groups in total. The summed E-state index contributed by atoms with van der Waals surface area (Å²) in [6, 6.07) is 16.3. The molecule has 0 aliphatic carbocycles. The monoisotopic (exact) mass is 462 g/mol. The molecule has 2 aromatic carbocycles. The molecule has 10 heteroatoms. The van der Waals surface area contributed by atoms with Crippen molar-refractivity contribution < 1.29 is 22.7 Å². The third kappa shape index (κ3) is 4.57. The number of fused-ring (bicyclic) bond motifs is 1. The van der Waals surface area contributed by atoms with Gasteiger partial charge in [0.15, 0.2) is 0 Å². The Labute approximate surface area is 187 Å². The number of alkyl halides is 3. The maximum absolute atomic E-state index is 13.5. The van der Waals surface area contributed by atoms with Gasteiger partial charge >= 0.3 is 12.2 Å². The average Bonchev–Trinajstić information content (AvgIpc) is 2.78. The van der Waals surface area contributed by atoms with Crippen molar-refractivity contribution in [2.45, 2.75) is 12.7 Å². The maximum Gasteiger partial charge on any atom is 0.405 e. The van der Waals surface area contributed by atoms with Gasteiger partial charge in [0.25, 0.3) is 0 Å². The maximum atomic E-state index is 13.5. The Kier molecular flexibility index (Phi) is 5.84. The summed E-state index contributed by atoms with van der Waals surface area (Å²) < 4.78 is 43.1. The Hall–Kier alpha value is -3.46. The number of pyridine rings is 1. The lowest BCUT2D eigenvalue weighted by Crippen LogP contribution is -2.45. The molecular weight excluding hydrogens is 445 g/mol. The molecule has 0 bridgehead atoms. The Balaban J connectivity index is 1.75. The molecule has 0 atom stereocenters. The molecule has 0 saturated carbocycles. The van der Waals surface area contributed by atoms with Gasteiger partial charge in [-0.2, -0.15) is 13.2 Å². The summed E-state index contributed by atoms with van der Waals surface area (Å²) in [7, 11) is 1.55. The second kappa shape index (κ2) is 8.58. The van der Waals surface area contributed by atoms with Crippen molar-refractivity contribution in [1.29, 1.82) is 0 Å². The minimum absolute atomic E-state index is 0.0192. The van der Waals surface area contributed by atoms with Crippen LogP contribution in [0.5, 0.6) is 5.75 Å². The first-order chi connectivity index (χ1) is 15.2. The minimum atomic E-state index is -4.39. The largest absolute Gasteiger partial charge is 0.497 e. The van der Waals surface area contributed by atoms with Crippen LogP contribution < -0.4 is 19.9 Å². The van der Waals surface area contributed by atoms with Crippen LogP contribution in [0.2, 0.25) is 5.02 Å². The number of anilines is 4. The molecule has 0 radical (unpaired) electrons. The SMILES string of the molecule is COc1ccc(N2Cc3ccc(NCC(F)(F)F)nc3N(c3ccc(Cl)cc3)C2=O)cc1. The van der Waals surface area contributed by atoms with E-state index in [1.54, 1.807) is 66.6 Å². The van der Waals surface area contributed by atoms with Gasteiger partial charge in [-0.1, -0.05) is 11.6 Å². The predicted octanol–water partition coefficient (Wildman–Crippen LogP) is 6.00. The van der Waals surface area contributed by atoms with E-state index in [1.807, 2.05) is 0 Å².